The van der Waals surface area contributed by atoms with E-state index >= 15 is 0 Å². The lowest BCUT2D eigenvalue weighted by atomic mass is 9.91. The molecule has 0 spiro atoms. The van der Waals surface area contributed by atoms with Crippen molar-refractivity contribution in [1.82, 2.24) is 4.98 Å². The first-order chi connectivity index (χ1) is 8.63. The molecule has 2 rings (SSSR count). The molecule has 2 unspecified atom stereocenters. The third-order valence-electron chi connectivity index (χ3n) is 3.90. The molecule has 0 radical (unpaired) electrons. The van der Waals surface area contributed by atoms with Gasteiger partial charge in [0.2, 0.25) is 0 Å². The summed E-state index contributed by atoms with van der Waals surface area (Å²) >= 11 is 0. The molecule has 2 N–H and O–H groups in total. The van der Waals surface area contributed by atoms with Crippen molar-refractivity contribution < 1.29 is 10.2 Å². The van der Waals surface area contributed by atoms with Gasteiger partial charge in [-0.05, 0) is 31.4 Å². The molecule has 4 heteroatoms. The molecule has 1 saturated carbocycles. The molecule has 1 fully saturated rings. The van der Waals surface area contributed by atoms with Crippen molar-refractivity contribution in [2.45, 2.75) is 51.4 Å². The number of aryl methyl sites for hydroxylation is 1. The maximum Gasteiger partial charge on any atom is 0.128 e. The van der Waals surface area contributed by atoms with Crippen molar-refractivity contribution in [3.63, 3.8) is 0 Å². The van der Waals surface area contributed by atoms with Gasteiger partial charge in [0.25, 0.3) is 0 Å². The second-order valence-corrected chi connectivity index (χ2v) is 5.10. The van der Waals surface area contributed by atoms with E-state index in [0.717, 1.165) is 36.3 Å². The van der Waals surface area contributed by atoms with Crippen LogP contribution in [0.15, 0.2) is 12.1 Å². The van der Waals surface area contributed by atoms with Crippen LogP contribution in [0.1, 0.15) is 36.9 Å². The van der Waals surface area contributed by atoms with Gasteiger partial charge in [0, 0.05) is 12.7 Å². The van der Waals surface area contributed by atoms with Gasteiger partial charge in [0.05, 0.1) is 18.8 Å². The van der Waals surface area contributed by atoms with Crippen LogP contribution in [0.3, 0.4) is 0 Å². The van der Waals surface area contributed by atoms with E-state index in [4.69, 9.17) is 5.11 Å². The van der Waals surface area contributed by atoms with E-state index in [9.17, 15) is 5.11 Å². The van der Waals surface area contributed by atoms with Crippen molar-refractivity contribution in [2.75, 3.05) is 11.9 Å². The van der Waals surface area contributed by atoms with E-state index in [-0.39, 0.29) is 18.8 Å². The zero-order valence-corrected chi connectivity index (χ0v) is 11.1. The number of hydrogen-bond donors (Lipinski definition) is 2. The van der Waals surface area contributed by atoms with Gasteiger partial charge < -0.3 is 15.1 Å². The lowest BCUT2D eigenvalue weighted by molar-refractivity contribution is 0.106. The van der Waals surface area contributed by atoms with E-state index in [2.05, 4.69) is 9.88 Å². The first-order valence-corrected chi connectivity index (χ1v) is 6.61. The van der Waals surface area contributed by atoms with E-state index in [1.54, 1.807) is 0 Å². The van der Waals surface area contributed by atoms with Crippen LogP contribution in [0.5, 0.6) is 0 Å². The van der Waals surface area contributed by atoms with Gasteiger partial charge in [0.15, 0.2) is 0 Å². The van der Waals surface area contributed by atoms with Gasteiger partial charge in [-0.1, -0.05) is 18.9 Å². The monoisotopic (exact) mass is 250 g/mol. The summed E-state index contributed by atoms with van der Waals surface area (Å²) in [6.07, 6.45) is 3.91. The fourth-order valence-electron chi connectivity index (χ4n) is 2.65. The molecule has 1 aliphatic rings. The van der Waals surface area contributed by atoms with Crippen molar-refractivity contribution in [2.24, 2.45) is 0 Å². The van der Waals surface area contributed by atoms with Crippen LogP contribution in [-0.4, -0.2) is 34.4 Å². The maximum atomic E-state index is 10.1. The van der Waals surface area contributed by atoms with Crippen LogP contribution in [0.2, 0.25) is 0 Å². The number of likely N-dealkylation sites (N-methyl/N-ethyl adjacent to an activating group) is 1. The number of aromatic nitrogens is 1. The molecule has 0 bridgehead atoms. The molecule has 0 aliphatic heterocycles. The summed E-state index contributed by atoms with van der Waals surface area (Å²) in [6.45, 7) is 1.93. The number of rotatable bonds is 3. The Balaban J connectivity index is 2.17. The first kappa shape index (κ1) is 13.3. The second kappa shape index (κ2) is 5.67. The standard InChI is InChI=1S/C14H22N2O2/c1-10-11(9-17)7-8-14(15-10)16(2)12-5-3-4-6-13(12)18/h7-8,12-13,17-18H,3-6,9H2,1-2H3. The highest BCUT2D eigenvalue weighted by molar-refractivity contribution is 5.42. The number of hydrogen-bond acceptors (Lipinski definition) is 4. The average molecular weight is 250 g/mol. The molecule has 0 amide bonds. The molecule has 1 aromatic heterocycles. The smallest absolute Gasteiger partial charge is 0.128 e. The molecule has 18 heavy (non-hydrogen) atoms. The summed E-state index contributed by atoms with van der Waals surface area (Å²) in [7, 11) is 1.99. The van der Waals surface area contributed by atoms with E-state index in [0.29, 0.717) is 0 Å². The van der Waals surface area contributed by atoms with Crippen LogP contribution >= 0.6 is 0 Å². The topological polar surface area (TPSA) is 56.6 Å². The Morgan fingerprint density at radius 3 is 2.67 bits per heavy atom. The van der Waals surface area contributed by atoms with E-state index < -0.39 is 0 Å². The van der Waals surface area contributed by atoms with E-state index in [1.807, 2.05) is 26.1 Å². The number of aliphatic hydroxyl groups excluding tert-OH is 2. The number of nitrogens with zero attached hydrogens (tertiary/aromatic N) is 2. The minimum absolute atomic E-state index is 0.0227. The fourth-order valence-corrected chi connectivity index (χ4v) is 2.65. The molecule has 1 aliphatic carbocycles. The number of aliphatic hydroxyl groups is 2. The second-order valence-electron chi connectivity index (χ2n) is 5.10. The third kappa shape index (κ3) is 2.65. The Bertz CT molecular complexity index is 409. The van der Waals surface area contributed by atoms with Crippen LogP contribution in [-0.2, 0) is 6.61 Å². The Hall–Kier alpha value is -1.13. The van der Waals surface area contributed by atoms with Crippen LogP contribution in [0, 0.1) is 6.92 Å². The Kier molecular flexibility index (Phi) is 4.19. The molecule has 4 nitrogen and oxygen atoms in total. The SMILES string of the molecule is Cc1nc(N(C)C2CCCCC2O)ccc1CO. The quantitative estimate of drug-likeness (QED) is 0.856. The summed E-state index contributed by atoms with van der Waals surface area (Å²) in [5.74, 6) is 0.871. The van der Waals surface area contributed by atoms with Crippen LogP contribution in [0.25, 0.3) is 0 Å². The van der Waals surface area contributed by atoms with Crippen molar-refractivity contribution in [3.8, 4) is 0 Å². The summed E-state index contributed by atoms with van der Waals surface area (Å²) in [6, 6.07) is 3.98. The lowest BCUT2D eigenvalue weighted by Crippen LogP contribution is -2.43. The minimum Gasteiger partial charge on any atom is -0.392 e. The minimum atomic E-state index is -0.261. The van der Waals surface area contributed by atoms with Crippen LogP contribution in [0.4, 0.5) is 5.82 Å². The molecule has 1 aromatic rings. The number of pyridine rings is 1. The maximum absolute atomic E-state index is 10.1. The lowest BCUT2D eigenvalue weighted by Gasteiger charge is -2.36. The molecule has 2 atom stereocenters. The third-order valence-corrected chi connectivity index (χ3v) is 3.90. The fraction of sp³-hybridized carbons (Fsp3) is 0.643. The number of anilines is 1. The van der Waals surface area contributed by atoms with Gasteiger partial charge in [-0.3, -0.25) is 0 Å². The van der Waals surface area contributed by atoms with Crippen molar-refractivity contribution >= 4 is 5.82 Å². The highest BCUT2D eigenvalue weighted by Crippen LogP contribution is 2.26. The summed E-state index contributed by atoms with van der Waals surface area (Å²) in [4.78, 5) is 6.58. The summed E-state index contributed by atoms with van der Waals surface area (Å²) < 4.78 is 0. The normalized spacial score (nSPS) is 24.0. The van der Waals surface area contributed by atoms with Crippen molar-refractivity contribution in [1.29, 1.82) is 0 Å². The molecule has 0 saturated heterocycles. The van der Waals surface area contributed by atoms with Crippen molar-refractivity contribution in [3.05, 3.63) is 23.4 Å². The van der Waals surface area contributed by atoms with Gasteiger partial charge in [-0.2, -0.15) is 0 Å². The van der Waals surface area contributed by atoms with Gasteiger partial charge in [0.1, 0.15) is 5.82 Å². The molecule has 0 aromatic carbocycles. The molecular formula is C14H22N2O2. The van der Waals surface area contributed by atoms with Gasteiger partial charge >= 0.3 is 0 Å². The highest BCUT2D eigenvalue weighted by Gasteiger charge is 2.27. The molecule has 1 heterocycles. The zero-order chi connectivity index (χ0) is 13.1. The van der Waals surface area contributed by atoms with Gasteiger partial charge in [-0.25, -0.2) is 4.98 Å². The Morgan fingerprint density at radius 2 is 2.06 bits per heavy atom. The van der Waals surface area contributed by atoms with Crippen LogP contribution < -0.4 is 4.90 Å². The predicted molar refractivity (Wildman–Crippen MR) is 71.6 cm³/mol. The largest absolute Gasteiger partial charge is 0.392 e. The first-order valence-electron chi connectivity index (χ1n) is 6.61. The summed E-state index contributed by atoms with van der Waals surface area (Å²) in [5.41, 5.74) is 1.71. The summed E-state index contributed by atoms with van der Waals surface area (Å²) in [5, 5.41) is 19.2. The highest BCUT2D eigenvalue weighted by atomic mass is 16.3. The van der Waals surface area contributed by atoms with E-state index in [1.165, 1.54) is 6.42 Å². The zero-order valence-electron chi connectivity index (χ0n) is 11.1. The predicted octanol–water partition coefficient (Wildman–Crippen LogP) is 1.62. The van der Waals surface area contributed by atoms with Gasteiger partial charge in [-0.15, -0.1) is 0 Å². The average Bonchev–Trinajstić information content (AvgIpc) is 2.38. The Labute approximate surface area is 108 Å². The molecular weight excluding hydrogens is 228 g/mol. The molecule has 100 valence electrons. The Morgan fingerprint density at radius 1 is 1.33 bits per heavy atom.